The number of carbonyl (C=O) groups excluding carboxylic acids is 1. The van der Waals surface area contributed by atoms with E-state index in [-0.39, 0.29) is 17.4 Å². The molecule has 0 N–H and O–H groups in total. The summed E-state index contributed by atoms with van der Waals surface area (Å²) in [6.45, 7) is 0.403. The van der Waals surface area contributed by atoms with Crippen LogP contribution in [0.4, 0.5) is 23.2 Å². The van der Waals surface area contributed by atoms with Gasteiger partial charge < -0.3 is 4.90 Å². The molecule has 0 unspecified atom stereocenters. The number of aryl methyl sites for hydroxylation is 1. The highest BCUT2D eigenvalue weighted by Crippen LogP contribution is 2.35. The van der Waals surface area contributed by atoms with Gasteiger partial charge in [0, 0.05) is 18.4 Å². The summed E-state index contributed by atoms with van der Waals surface area (Å²) in [5, 5.41) is 4.24. The molecule has 28 heavy (non-hydrogen) atoms. The zero-order valence-electron chi connectivity index (χ0n) is 14.6. The van der Waals surface area contributed by atoms with Gasteiger partial charge in [0.2, 0.25) is 0 Å². The Morgan fingerprint density at radius 1 is 1.04 bits per heavy atom. The Bertz CT molecular complexity index is 1020. The molecule has 0 saturated carbocycles. The molecule has 1 aromatic heterocycles. The maximum absolute atomic E-state index is 13.1. The number of benzene rings is 2. The van der Waals surface area contributed by atoms with Crippen LogP contribution in [0.1, 0.15) is 28.0 Å². The quantitative estimate of drug-likeness (QED) is 0.600. The van der Waals surface area contributed by atoms with Gasteiger partial charge in [0.25, 0.3) is 5.91 Å². The SMILES string of the molecule is O=C(c1ccn(-c2ccc(F)cc2)n1)N1CCCc2cc(C(F)(F)F)ccc21. The molecule has 0 radical (unpaired) electrons. The second-order valence-corrected chi connectivity index (χ2v) is 6.52. The first-order valence-electron chi connectivity index (χ1n) is 8.66. The maximum Gasteiger partial charge on any atom is 0.416 e. The van der Waals surface area contributed by atoms with E-state index < -0.39 is 11.7 Å². The molecule has 0 aliphatic carbocycles. The third-order valence-electron chi connectivity index (χ3n) is 4.67. The number of alkyl halides is 3. The van der Waals surface area contributed by atoms with E-state index in [1.54, 1.807) is 6.20 Å². The first-order valence-corrected chi connectivity index (χ1v) is 8.66. The van der Waals surface area contributed by atoms with Crippen molar-refractivity contribution in [3.63, 3.8) is 0 Å². The fraction of sp³-hybridized carbons (Fsp3) is 0.200. The van der Waals surface area contributed by atoms with Crippen LogP contribution in [0.25, 0.3) is 5.69 Å². The van der Waals surface area contributed by atoms with E-state index in [1.807, 2.05) is 0 Å². The summed E-state index contributed by atoms with van der Waals surface area (Å²) >= 11 is 0. The number of amides is 1. The van der Waals surface area contributed by atoms with E-state index in [0.29, 0.717) is 36.3 Å². The van der Waals surface area contributed by atoms with Gasteiger partial charge in [-0.1, -0.05) is 0 Å². The number of hydrogen-bond donors (Lipinski definition) is 0. The second kappa shape index (κ2) is 6.78. The number of aromatic nitrogens is 2. The zero-order chi connectivity index (χ0) is 19.9. The van der Waals surface area contributed by atoms with Crippen molar-refractivity contribution < 1.29 is 22.4 Å². The minimum atomic E-state index is -4.42. The predicted octanol–water partition coefficient (Wildman–Crippen LogP) is 4.62. The zero-order valence-corrected chi connectivity index (χ0v) is 14.6. The van der Waals surface area contributed by atoms with E-state index in [4.69, 9.17) is 0 Å². The Hall–Kier alpha value is -3.16. The van der Waals surface area contributed by atoms with E-state index in [2.05, 4.69) is 5.10 Å². The smallest absolute Gasteiger partial charge is 0.307 e. The van der Waals surface area contributed by atoms with Gasteiger partial charge in [-0.25, -0.2) is 9.07 Å². The number of fused-ring (bicyclic) bond motifs is 1. The number of anilines is 1. The largest absolute Gasteiger partial charge is 0.416 e. The summed E-state index contributed by atoms with van der Waals surface area (Å²) in [6, 6.07) is 10.6. The molecule has 2 heterocycles. The van der Waals surface area contributed by atoms with Crippen molar-refractivity contribution in [3.8, 4) is 5.69 Å². The van der Waals surface area contributed by atoms with Crippen LogP contribution in [0, 0.1) is 5.82 Å². The van der Waals surface area contributed by atoms with Crippen LogP contribution in [0.5, 0.6) is 0 Å². The molecule has 0 saturated heterocycles. The Kier molecular flexibility index (Phi) is 4.41. The summed E-state index contributed by atoms with van der Waals surface area (Å²) in [5.74, 6) is -0.767. The first kappa shape index (κ1) is 18.2. The average Bonchev–Trinajstić information content (AvgIpc) is 3.16. The van der Waals surface area contributed by atoms with Crippen molar-refractivity contribution in [1.82, 2.24) is 9.78 Å². The highest BCUT2D eigenvalue weighted by atomic mass is 19.4. The average molecular weight is 389 g/mol. The normalized spacial score (nSPS) is 14.1. The number of nitrogens with zero attached hydrogens (tertiary/aromatic N) is 3. The molecule has 0 fully saturated rings. The molecule has 1 amide bonds. The molecule has 1 aliphatic heterocycles. The van der Waals surface area contributed by atoms with Crippen LogP contribution >= 0.6 is 0 Å². The molecule has 0 spiro atoms. The number of carbonyl (C=O) groups is 1. The lowest BCUT2D eigenvalue weighted by Crippen LogP contribution is -2.36. The Morgan fingerprint density at radius 3 is 2.50 bits per heavy atom. The number of rotatable bonds is 2. The summed E-state index contributed by atoms with van der Waals surface area (Å²) in [4.78, 5) is 14.4. The first-order chi connectivity index (χ1) is 13.3. The molecular formula is C20H15F4N3O. The summed E-state index contributed by atoms with van der Waals surface area (Å²) < 4.78 is 53.4. The van der Waals surface area contributed by atoms with Crippen LogP contribution in [-0.2, 0) is 12.6 Å². The van der Waals surface area contributed by atoms with Crippen LogP contribution in [0.15, 0.2) is 54.7 Å². The molecule has 144 valence electrons. The minimum absolute atomic E-state index is 0.164. The van der Waals surface area contributed by atoms with Crippen LogP contribution in [0.2, 0.25) is 0 Å². The second-order valence-electron chi connectivity index (χ2n) is 6.52. The van der Waals surface area contributed by atoms with Crippen molar-refractivity contribution in [1.29, 1.82) is 0 Å². The number of halogens is 4. The van der Waals surface area contributed by atoms with Crippen molar-refractivity contribution in [3.05, 3.63) is 77.4 Å². The topological polar surface area (TPSA) is 38.1 Å². The van der Waals surface area contributed by atoms with Crippen molar-refractivity contribution in [2.45, 2.75) is 19.0 Å². The van der Waals surface area contributed by atoms with Crippen LogP contribution < -0.4 is 4.90 Å². The van der Waals surface area contributed by atoms with E-state index in [9.17, 15) is 22.4 Å². The predicted molar refractivity (Wildman–Crippen MR) is 95.0 cm³/mol. The standard InChI is InChI=1S/C20H15F4N3O/c21-15-4-6-16(7-5-15)27-11-9-17(25-27)19(28)26-10-1-2-13-12-14(20(22,23)24)3-8-18(13)26/h3-9,11-12H,1-2,10H2. The van der Waals surface area contributed by atoms with Gasteiger partial charge in [0.05, 0.1) is 11.3 Å². The fourth-order valence-corrected chi connectivity index (χ4v) is 3.30. The van der Waals surface area contributed by atoms with Gasteiger partial charge >= 0.3 is 6.18 Å². The van der Waals surface area contributed by atoms with Crippen molar-refractivity contribution in [2.24, 2.45) is 0 Å². The molecule has 8 heteroatoms. The van der Waals surface area contributed by atoms with Crippen LogP contribution in [0.3, 0.4) is 0 Å². The molecular weight excluding hydrogens is 374 g/mol. The van der Waals surface area contributed by atoms with E-state index >= 15 is 0 Å². The number of hydrogen-bond acceptors (Lipinski definition) is 2. The van der Waals surface area contributed by atoms with Gasteiger partial charge in [0.15, 0.2) is 5.69 Å². The van der Waals surface area contributed by atoms with Gasteiger partial charge in [0.1, 0.15) is 5.82 Å². The summed E-state index contributed by atoms with van der Waals surface area (Å²) in [5.41, 5.74) is 1.00. The lowest BCUT2D eigenvalue weighted by atomic mass is 9.98. The fourth-order valence-electron chi connectivity index (χ4n) is 3.30. The molecule has 2 aromatic carbocycles. The van der Waals surface area contributed by atoms with Crippen molar-refractivity contribution in [2.75, 3.05) is 11.4 Å². The Morgan fingerprint density at radius 2 is 1.79 bits per heavy atom. The molecule has 4 nitrogen and oxygen atoms in total. The van der Waals surface area contributed by atoms with Gasteiger partial charge in [-0.3, -0.25) is 4.79 Å². The monoisotopic (exact) mass is 389 g/mol. The minimum Gasteiger partial charge on any atom is -0.307 e. The lowest BCUT2D eigenvalue weighted by Gasteiger charge is -2.29. The van der Waals surface area contributed by atoms with E-state index in [0.717, 1.165) is 12.1 Å². The Balaban J connectivity index is 1.62. The molecule has 1 aliphatic rings. The summed E-state index contributed by atoms with van der Waals surface area (Å²) in [7, 11) is 0. The lowest BCUT2D eigenvalue weighted by molar-refractivity contribution is -0.137. The van der Waals surface area contributed by atoms with Crippen LogP contribution in [-0.4, -0.2) is 22.2 Å². The molecule has 0 bridgehead atoms. The van der Waals surface area contributed by atoms with Gasteiger partial charge in [-0.2, -0.15) is 18.3 Å². The molecule has 3 aromatic rings. The Labute approximate surface area is 158 Å². The highest BCUT2D eigenvalue weighted by molar-refractivity contribution is 6.05. The van der Waals surface area contributed by atoms with Gasteiger partial charge in [-0.05, 0) is 66.9 Å². The third-order valence-corrected chi connectivity index (χ3v) is 4.67. The molecule has 4 rings (SSSR count). The van der Waals surface area contributed by atoms with E-state index in [1.165, 1.54) is 46.0 Å². The third kappa shape index (κ3) is 3.37. The molecule has 0 atom stereocenters. The van der Waals surface area contributed by atoms with Gasteiger partial charge in [-0.15, -0.1) is 0 Å². The highest BCUT2D eigenvalue weighted by Gasteiger charge is 2.33. The maximum atomic E-state index is 13.1. The summed E-state index contributed by atoms with van der Waals surface area (Å²) in [6.07, 6.45) is -1.79. The van der Waals surface area contributed by atoms with Crippen molar-refractivity contribution >= 4 is 11.6 Å².